The van der Waals surface area contributed by atoms with Crippen molar-refractivity contribution in [2.45, 2.75) is 52.2 Å². The molecule has 0 spiro atoms. The highest BCUT2D eigenvalue weighted by Crippen LogP contribution is 2.28. The van der Waals surface area contributed by atoms with E-state index in [-0.39, 0.29) is 11.8 Å². The predicted molar refractivity (Wildman–Crippen MR) is 85.3 cm³/mol. The molecule has 1 aromatic heterocycles. The van der Waals surface area contributed by atoms with Crippen molar-refractivity contribution < 1.29 is 9.59 Å². The Morgan fingerprint density at radius 1 is 1.38 bits per heavy atom. The minimum Gasteiger partial charge on any atom is -0.340 e. The number of nitrogens with zero attached hydrogens (tertiary/aromatic N) is 1. The van der Waals surface area contributed by atoms with E-state index in [0.717, 1.165) is 4.88 Å². The number of halogens is 1. The summed E-state index contributed by atoms with van der Waals surface area (Å²) in [6.07, 6.45) is 0.659. The number of hydrogen-bond donors (Lipinski definition) is 1. The lowest BCUT2D eigenvalue weighted by atomic mass is 9.92. The van der Waals surface area contributed by atoms with Gasteiger partial charge in [0.05, 0.1) is 10.9 Å². The number of carbonyl (C=O) groups is 2. The second-order valence-electron chi connectivity index (χ2n) is 6.40. The third kappa shape index (κ3) is 3.58. The quantitative estimate of drug-likeness (QED) is 0.923. The van der Waals surface area contributed by atoms with Gasteiger partial charge in [0.1, 0.15) is 11.6 Å². The zero-order chi connectivity index (χ0) is 15.8. The summed E-state index contributed by atoms with van der Waals surface area (Å²) in [5.41, 5.74) is -0.856. The van der Waals surface area contributed by atoms with Crippen molar-refractivity contribution in [3.05, 3.63) is 21.3 Å². The van der Waals surface area contributed by atoms with Crippen molar-refractivity contribution in [1.82, 2.24) is 10.2 Å². The number of amides is 2. The molecule has 2 rings (SSSR count). The van der Waals surface area contributed by atoms with Gasteiger partial charge in [0.2, 0.25) is 11.8 Å². The van der Waals surface area contributed by atoms with Gasteiger partial charge in [0.25, 0.3) is 0 Å². The number of carbonyl (C=O) groups excluding carboxylic acids is 2. The van der Waals surface area contributed by atoms with Gasteiger partial charge >= 0.3 is 0 Å². The van der Waals surface area contributed by atoms with Crippen molar-refractivity contribution in [1.29, 1.82) is 0 Å². The van der Waals surface area contributed by atoms with Crippen molar-refractivity contribution in [2.24, 2.45) is 5.92 Å². The molecule has 1 aliphatic heterocycles. The van der Waals surface area contributed by atoms with Gasteiger partial charge in [0, 0.05) is 4.88 Å². The Hall–Kier alpha value is -1.07. The predicted octanol–water partition coefficient (Wildman–Crippen LogP) is 3.05. The summed E-state index contributed by atoms with van der Waals surface area (Å²) in [6.45, 7) is 8.03. The van der Waals surface area contributed by atoms with Crippen LogP contribution < -0.4 is 5.32 Å². The Morgan fingerprint density at radius 3 is 2.57 bits per heavy atom. The summed E-state index contributed by atoms with van der Waals surface area (Å²) in [7, 11) is 0. The van der Waals surface area contributed by atoms with Gasteiger partial charge in [-0.05, 0) is 38.3 Å². The van der Waals surface area contributed by atoms with Crippen LogP contribution in [0.15, 0.2) is 12.1 Å². The minimum atomic E-state index is -0.856. The monoisotopic (exact) mass is 328 g/mol. The smallest absolute Gasteiger partial charge is 0.248 e. The third-order valence-electron chi connectivity index (χ3n) is 3.56. The van der Waals surface area contributed by atoms with Crippen LogP contribution in [0.25, 0.3) is 0 Å². The Balaban J connectivity index is 2.28. The van der Waals surface area contributed by atoms with Crippen molar-refractivity contribution in [3.63, 3.8) is 0 Å². The number of thiophene rings is 1. The fourth-order valence-electron chi connectivity index (χ4n) is 2.55. The molecular formula is C15H21ClN2O2S. The third-order valence-corrected chi connectivity index (χ3v) is 4.78. The molecule has 0 bridgehead atoms. The maximum absolute atomic E-state index is 12.7. The first kappa shape index (κ1) is 16.3. The van der Waals surface area contributed by atoms with E-state index >= 15 is 0 Å². The highest BCUT2D eigenvalue weighted by Gasteiger charge is 2.45. The average molecular weight is 329 g/mol. The van der Waals surface area contributed by atoms with Crippen LogP contribution in [-0.4, -0.2) is 28.3 Å². The van der Waals surface area contributed by atoms with Crippen LogP contribution in [0, 0.1) is 5.92 Å². The molecule has 1 aliphatic rings. The Labute approximate surface area is 134 Å². The normalized spacial score (nSPS) is 21.8. The highest BCUT2D eigenvalue weighted by molar-refractivity contribution is 7.16. The summed E-state index contributed by atoms with van der Waals surface area (Å²) < 4.78 is 0.693. The molecule has 1 fully saturated rings. The van der Waals surface area contributed by atoms with E-state index in [1.165, 1.54) is 11.3 Å². The first-order valence-electron chi connectivity index (χ1n) is 7.08. The molecule has 21 heavy (non-hydrogen) atoms. The molecule has 6 heteroatoms. The Bertz CT molecular complexity index is 554. The molecule has 2 heterocycles. The number of piperazine rings is 1. The molecule has 0 aliphatic carbocycles. The van der Waals surface area contributed by atoms with Gasteiger partial charge in [-0.25, -0.2) is 0 Å². The van der Waals surface area contributed by atoms with E-state index in [1.54, 1.807) is 18.7 Å². The molecule has 1 saturated heterocycles. The Kier molecular flexibility index (Phi) is 4.63. The molecule has 2 amide bonds. The zero-order valence-electron chi connectivity index (χ0n) is 12.8. The number of nitrogens with one attached hydrogen (secondary N) is 1. The standard InChI is InChI=1S/C15H21ClN2O2S/c1-9(2)7-11-13(19)17-15(3,4)14(20)18(11)8-10-5-6-12(16)21-10/h5-6,9,11H,7-8H2,1-4H3,(H,17,19). The molecule has 116 valence electrons. The molecule has 1 atom stereocenters. The summed E-state index contributed by atoms with van der Waals surface area (Å²) in [6, 6.07) is 3.32. The second kappa shape index (κ2) is 5.97. The van der Waals surface area contributed by atoms with Crippen molar-refractivity contribution in [3.8, 4) is 0 Å². The summed E-state index contributed by atoms with van der Waals surface area (Å²) in [4.78, 5) is 27.7. The topological polar surface area (TPSA) is 49.4 Å². The van der Waals surface area contributed by atoms with E-state index in [4.69, 9.17) is 11.6 Å². The van der Waals surface area contributed by atoms with Gasteiger partial charge in [-0.2, -0.15) is 0 Å². The molecule has 1 N–H and O–H groups in total. The van der Waals surface area contributed by atoms with Crippen LogP contribution in [0.3, 0.4) is 0 Å². The lowest BCUT2D eigenvalue weighted by molar-refractivity contribution is -0.154. The summed E-state index contributed by atoms with van der Waals surface area (Å²) in [5, 5.41) is 2.83. The fraction of sp³-hybridized carbons (Fsp3) is 0.600. The molecular weight excluding hydrogens is 308 g/mol. The largest absolute Gasteiger partial charge is 0.340 e. The van der Waals surface area contributed by atoms with E-state index < -0.39 is 11.6 Å². The maximum atomic E-state index is 12.7. The van der Waals surface area contributed by atoms with Crippen LogP contribution >= 0.6 is 22.9 Å². The van der Waals surface area contributed by atoms with Crippen molar-refractivity contribution in [2.75, 3.05) is 0 Å². The molecule has 0 radical (unpaired) electrons. The average Bonchev–Trinajstić information content (AvgIpc) is 2.76. The van der Waals surface area contributed by atoms with E-state index in [1.807, 2.05) is 12.1 Å². The molecule has 0 aromatic carbocycles. The fourth-order valence-corrected chi connectivity index (χ4v) is 3.64. The minimum absolute atomic E-state index is 0.0442. The number of hydrogen-bond acceptors (Lipinski definition) is 3. The summed E-state index contributed by atoms with van der Waals surface area (Å²) in [5.74, 6) is 0.220. The maximum Gasteiger partial charge on any atom is 0.248 e. The molecule has 0 saturated carbocycles. The van der Waals surface area contributed by atoms with Crippen LogP contribution in [0.1, 0.15) is 39.0 Å². The second-order valence-corrected chi connectivity index (χ2v) is 8.20. The van der Waals surface area contributed by atoms with E-state index in [2.05, 4.69) is 19.2 Å². The van der Waals surface area contributed by atoms with Crippen LogP contribution in [-0.2, 0) is 16.1 Å². The van der Waals surface area contributed by atoms with Crippen molar-refractivity contribution >= 4 is 34.8 Å². The van der Waals surface area contributed by atoms with Crippen LogP contribution in [0.5, 0.6) is 0 Å². The lowest BCUT2D eigenvalue weighted by Gasteiger charge is -2.43. The summed E-state index contributed by atoms with van der Waals surface area (Å²) >= 11 is 7.40. The Morgan fingerprint density at radius 2 is 2.05 bits per heavy atom. The molecule has 1 unspecified atom stereocenters. The lowest BCUT2D eigenvalue weighted by Crippen LogP contribution is -2.67. The highest BCUT2D eigenvalue weighted by atomic mass is 35.5. The zero-order valence-corrected chi connectivity index (χ0v) is 14.3. The first-order valence-corrected chi connectivity index (χ1v) is 8.27. The van der Waals surface area contributed by atoms with Gasteiger partial charge < -0.3 is 10.2 Å². The van der Waals surface area contributed by atoms with Gasteiger partial charge in [0.15, 0.2) is 0 Å². The van der Waals surface area contributed by atoms with E-state index in [9.17, 15) is 9.59 Å². The molecule has 4 nitrogen and oxygen atoms in total. The van der Waals surface area contributed by atoms with Crippen LogP contribution in [0.2, 0.25) is 4.34 Å². The van der Waals surface area contributed by atoms with E-state index in [0.29, 0.717) is 23.2 Å². The molecule has 1 aromatic rings. The van der Waals surface area contributed by atoms with Gasteiger partial charge in [-0.3, -0.25) is 9.59 Å². The number of rotatable bonds is 4. The van der Waals surface area contributed by atoms with Crippen LogP contribution in [0.4, 0.5) is 0 Å². The van der Waals surface area contributed by atoms with Gasteiger partial charge in [-0.1, -0.05) is 25.4 Å². The first-order chi connectivity index (χ1) is 9.70. The van der Waals surface area contributed by atoms with Gasteiger partial charge in [-0.15, -0.1) is 11.3 Å². The SMILES string of the molecule is CC(C)CC1C(=O)NC(C)(C)C(=O)N1Cc1ccc(Cl)s1.